The van der Waals surface area contributed by atoms with Crippen LogP contribution in [-0.4, -0.2) is 33.3 Å². The van der Waals surface area contributed by atoms with Crippen molar-refractivity contribution in [3.05, 3.63) is 47.1 Å². The maximum Gasteiger partial charge on any atom is 0.222 e. The van der Waals surface area contributed by atoms with E-state index in [9.17, 15) is 4.79 Å². The number of nitrogens with one attached hydrogen (secondary N) is 1. The van der Waals surface area contributed by atoms with Crippen LogP contribution in [-0.2, 0) is 11.2 Å². The summed E-state index contributed by atoms with van der Waals surface area (Å²) in [4.78, 5) is 20.3. The summed E-state index contributed by atoms with van der Waals surface area (Å²) in [5.41, 5.74) is 3.51. The Morgan fingerprint density at radius 3 is 3.00 bits per heavy atom. The summed E-state index contributed by atoms with van der Waals surface area (Å²) in [7, 11) is 0. The van der Waals surface area contributed by atoms with Crippen molar-refractivity contribution in [1.29, 1.82) is 0 Å². The van der Waals surface area contributed by atoms with Gasteiger partial charge in [0.2, 0.25) is 11.9 Å². The van der Waals surface area contributed by atoms with Crippen molar-refractivity contribution in [2.24, 2.45) is 0 Å². The quantitative estimate of drug-likeness (QED) is 0.688. The molecule has 3 aromatic rings. The maximum absolute atomic E-state index is 12.2. The number of anilines is 2. The number of imidazole rings is 1. The molecular formula is C21H26N4OS. The van der Waals surface area contributed by atoms with Crippen LogP contribution >= 0.6 is 11.3 Å². The van der Waals surface area contributed by atoms with E-state index in [1.54, 1.807) is 11.3 Å². The van der Waals surface area contributed by atoms with Gasteiger partial charge in [-0.15, -0.1) is 11.3 Å². The lowest BCUT2D eigenvalue weighted by atomic mass is 9.95. The molecule has 0 saturated carbocycles. The minimum absolute atomic E-state index is 0.247. The number of fused-ring (bicyclic) bond motifs is 1. The van der Waals surface area contributed by atoms with Crippen molar-refractivity contribution in [2.75, 3.05) is 18.4 Å². The van der Waals surface area contributed by atoms with Gasteiger partial charge in [0.05, 0.1) is 5.69 Å². The fourth-order valence-corrected chi connectivity index (χ4v) is 4.83. The van der Waals surface area contributed by atoms with Gasteiger partial charge in [0.1, 0.15) is 4.83 Å². The lowest BCUT2D eigenvalue weighted by molar-refractivity contribution is -0.132. The molecule has 27 heavy (non-hydrogen) atoms. The molecule has 5 nitrogen and oxygen atoms in total. The van der Waals surface area contributed by atoms with Crippen molar-refractivity contribution in [3.63, 3.8) is 0 Å². The second-order valence-electron chi connectivity index (χ2n) is 7.07. The fourth-order valence-electron chi connectivity index (χ4n) is 3.92. The van der Waals surface area contributed by atoms with E-state index >= 15 is 0 Å². The van der Waals surface area contributed by atoms with Crippen LogP contribution < -0.4 is 5.32 Å². The number of piperidine rings is 1. The number of aryl methyl sites for hydroxylation is 1. The third-order valence-corrected chi connectivity index (χ3v) is 6.28. The summed E-state index contributed by atoms with van der Waals surface area (Å²) in [5.74, 6) is 1.41. The third kappa shape index (κ3) is 3.46. The van der Waals surface area contributed by atoms with Gasteiger partial charge in [-0.3, -0.25) is 9.20 Å². The molecule has 4 rings (SSSR count). The topological polar surface area (TPSA) is 49.6 Å². The first-order valence-corrected chi connectivity index (χ1v) is 10.7. The van der Waals surface area contributed by atoms with E-state index in [2.05, 4.69) is 52.5 Å². The van der Waals surface area contributed by atoms with Gasteiger partial charge in [-0.2, -0.15) is 0 Å². The third-order valence-electron chi connectivity index (χ3n) is 5.39. The molecule has 1 fully saturated rings. The number of hydrogen-bond acceptors (Lipinski definition) is 4. The van der Waals surface area contributed by atoms with Crippen molar-refractivity contribution in [3.8, 4) is 0 Å². The van der Waals surface area contributed by atoms with E-state index in [-0.39, 0.29) is 5.91 Å². The molecule has 2 aromatic heterocycles. The predicted molar refractivity (Wildman–Crippen MR) is 111 cm³/mol. The van der Waals surface area contributed by atoms with Crippen molar-refractivity contribution in [2.45, 2.75) is 45.4 Å². The van der Waals surface area contributed by atoms with Gasteiger partial charge in [0.25, 0.3) is 0 Å². The minimum atomic E-state index is 0.247. The number of carbonyl (C=O) groups excluding carboxylic acids is 1. The zero-order valence-electron chi connectivity index (χ0n) is 15.9. The average molecular weight is 383 g/mol. The number of carbonyl (C=O) groups is 1. The minimum Gasteiger partial charge on any atom is -0.342 e. The van der Waals surface area contributed by atoms with Gasteiger partial charge in [0, 0.05) is 42.7 Å². The van der Waals surface area contributed by atoms with E-state index in [0.717, 1.165) is 49.7 Å². The fraction of sp³-hybridized carbons (Fsp3) is 0.429. The number of amides is 1. The Labute approximate surface area is 164 Å². The smallest absolute Gasteiger partial charge is 0.222 e. The summed E-state index contributed by atoms with van der Waals surface area (Å²) in [6.07, 6.45) is 5.76. The monoisotopic (exact) mass is 382 g/mol. The van der Waals surface area contributed by atoms with Gasteiger partial charge in [-0.1, -0.05) is 32.0 Å². The van der Waals surface area contributed by atoms with Crippen LogP contribution in [0.3, 0.4) is 0 Å². The second-order valence-corrected chi connectivity index (χ2v) is 7.96. The highest BCUT2D eigenvalue weighted by atomic mass is 32.1. The Hall–Kier alpha value is -2.34. The van der Waals surface area contributed by atoms with Crippen molar-refractivity contribution < 1.29 is 4.79 Å². The summed E-state index contributed by atoms with van der Waals surface area (Å²) in [6, 6.07) is 8.38. The molecule has 0 aliphatic carbocycles. The molecule has 1 amide bonds. The molecule has 3 heterocycles. The largest absolute Gasteiger partial charge is 0.342 e. The molecule has 1 aliphatic heterocycles. The van der Waals surface area contributed by atoms with Crippen LogP contribution in [0, 0.1) is 0 Å². The van der Waals surface area contributed by atoms with Gasteiger partial charge < -0.3 is 10.2 Å². The van der Waals surface area contributed by atoms with Gasteiger partial charge in [-0.05, 0) is 30.9 Å². The van der Waals surface area contributed by atoms with E-state index in [4.69, 9.17) is 4.98 Å². The summed E-state index contributed by atoms with van der Waals surface area (Å²) >= 11 is 1.72. The van der Waals surface area contributed by atoms with E-state index in [0.29, 0.717) is 12.3 Å². The Kier molecular flexibility index (Phi) is 5.16. The van der Waals surface area contributed by atoms with Crippen LogP contribution in [0.4, 0.5) is 11.6 Å². The Bertz CT molecular complexity index is 945. The standard InChI is InChI=1S/C21H26N4OS/c1-3-15-8-5-6-10-17(15)22-21-23-19(20-25(21)12-13-27-20)16-9-7-11-24(14-16)18(26)4-2/h5-6,8,10,12-13,16H,3-4,7,9,11,14H2,1-2H3,(H,22,23). The molecule has 1 saturated heterocycles. The van der Waals surface area contributed by atoms with Crippen LogP contribution in [0.1, 0.15) is 50.3 Å². The predicted octanol–water partition coefficient (Wildman–Crippen LogP) is 4.82. The number of benzene rings is 1. The van der Waals surface area contributed by atoms with E-state index in [1.807, 2.05) is 11.8 Å². The number of rotatable bonds is 5. The molecule has 0 radical (unpaired) electrons. The molecule has 1 aliphatic rings. The van der Waals surface area contributed by atoms with Crippen molar-refractivity contribution in [1.82, 2.24) is 14.3 Å². The number of likely N-dealkylation sites (tertiary alicyclic amines) is 1. The number of aromatic nitrogens is 2. The molecule has 1 atom stereocenters. The molecular weight excluding hydrogens is 356 g/mol. The number of hydrogen-bond donors (Lipinski definition) is 1. The molecule has 142 valence electrons. The lowest BCUT2D eigenvalue weighted by Crippen LogP contribution is -2.38. The highest BCUT2D eigenvalue weighted by molar-refractivity contribution is 7.15. The molecule has 6 heteroatoms. The highest BCUT2D eigenvalue weighted by Crippen LogP contribution is 2.34. The Morgan fingerprint density at radius 2 is 2.19 bits per heavy atom. The maximum atomic E-state index is 12.2. The number of nitrogens with zero attached hydrogens (tertiary/aromatic N) is 3. The van der Waals surface area contributed by atoms with Crippen LogP contribution in [0.15, 0.2) is 35.8 Å². The van der Waals surface area contributed by atoms with Crippen molar-refractivity contribution >= 4 is 33.7 Å². The van der Waals surface area contributed by atoms with Crippen LogP contribution in [0.2, 0.25) is 0 Å². The van der Waals surface area contributed by atoms with Gasteiger partial charge in [-0.25, -0.2) is 4.98 Å². The zero-order chi connectivity index (χ0) is 18.8. The first-order chi connectivity index (χ1) is 13.2. The Balaban J connectivity index is 1.65. The SMILES string of the molecule is CCC(=O)N1CCCC(c2nc(Nc3ccccc3CC)n3ccsc23)C1. The molecule has 0 spiro atoms. The lowest BCUT2D eigenvalue weighted by Gasteiger charge is -2.31. The summed E-state index contributed by atoms with van der Waals surface area (Å²) in [5, 5.41) is 5.64. The zero-order valence-corrected chi connectivity index (χ0v) is 16.8. The number of thiazole rings is 1. The summed E-state index contributed by atoms with van der Waals surface area (Å²) < 4.78 is 2.15. The van der Waals surface area contributed by atoms with Gasteiger partial charge in [0.15, 0.2) is 0 Å². The normalized spacial score (nSPS) is 17.4. The molecule has 1 unspecified atom stereocenters. The second kappa shape index (κ2) is 7.72. The average Bonchev–Trinajstić information content (AvgIpc) is 3.32. The first kappa shape index (κ1) is 18.0. The summed E-state index contributed by atoms with van der Waals surface area (Å²) in [6.45, 7) is 5.76. The molecule has 1 aromatic carbocycles. The first-order valence-electron chi connectivity index (χ1n) is 9.79. The molecule has 1 N–H and O–H groups in total. The Morgan fingerprint density at radius 1 is 1.33 bits per heavy atom. The number of para-hydroxylation sites is 1. The molecule has 0 bridgehead atoms. The van der Waals surface area contributed by atoms with Crippen LogP contribution in [0.5, 0.6) is 0 Å². The van der Waals surface area contributed by atoms with E-state index < -0.39 is 0 Å². The van der Waals surface area contributed by atoms with E-state index in [1.165, 1.54) is 10.4 Å². The highest BCUT2D eigenvalue weighted by Gasteiger charge is 2.28. The van der Waals surface area contributed by atoms with Gasteiger partial charge >= 0.3 is 0 Å². The van der Waals surface area contributed by atoms with Crippen LogP contribution in [0.25, 0.3) is 4.83 Å².